The second-order valence-corrected chi connectivity index (χ2v) is 4.68. The summed E-state index contributed by atoms with van der Waals surface area (Å²) in [4.78, 5) is 27.2. The van der Waals surface area contributed by atoms with Gasteiger partial charge in [-0.2, -0.15) is 0 Å². The molecule has 0 saturated heterocycles. The number of H-pyrrole nitrogens is 1. The van der Waals surface area contributed by atoms with Crippen LogP contribution >= 0.6 is 0 Å². The number of hydrogen-bond donors (Lipinski definition) is 1. The van der Waals surface area contributed by atoms with E-state index >= 15 is 0 Å². The van der Waals surface area contributed by atoms with E-state index in [1.54, 1.807) is 26.8 Å². The Hall–Kier alpha value is -2.43. The number of carbonyl (C=O) groups is 2. The molecule has 1 aromatic heterocycles. The van der Waals surface area contributed by atoms with E-state index in [0.717, 1.165) is 0 Å². The molecule has 0 spiro atoms. The molecule has 0 radical (unpaired) electrons. The zero-order valence-corrected chi connectivity index (χ0v) is 12.1. The van der Waals surface area contributed by atoms with E-state index in [9.17, 15) is 14.0 Å². The number of hydrogen-bond acceptors (Lipinski definition) is 3. The average Bonchev–Trinajstić information content (AvgIpc) is 2.73. The van der Waals surface area contributed by atoms with Crippen LogP contribution in [-0.2, 0) is 4.74 Å². The van der Waals surface area contributed by atoms with Crippen molar-refractivity contribution in [1.29, 1.82) is 0 Å². The Kier molecular flexibility index (Phi) is 4.21. The number of ether oxygens (including phenoxy) is 1. The smallest absolute Gasteiger partial charge is 0.355 e. The molecule has 21 heavy (non-hydrogen) atoms. The predicted octanol–water partition coefficient (Wildman–Crippen LogP) is 3.18. The Bertz CT molecular complexity index is 704. The van der Waals surface area contributed by atoms with Gasteiger partial charge in [0.2, 0.25) is 0 Å². The fraction of sp³-hybridized carbons (Fsp3) is 0.250. The fourth-order valence-electron chi connectivity index (χ4n) is 2.27. The highest BCUT2D eigenvalue weighted by atomic mass is 19.1. The van der Waals surface area contributed by atoms with Crippen LogP contribution in [0.25, 0.3) is 0 Å². The van der Waals surface area contributed by atoms with Crippen molar-refractivity contribution in [3.8, 4) is 0 Å². The molecule has 4 nitrogen and oxygen atoms in total. The molecule has 1 N–H and O–H groups in total. The Morgan fingerprint density at radius 2 is 2.00 bits per heavy atom. The Balaban J connectivity index is 2.45. The van der Waals surface area contributed by atoms with E-state index in [1.165, 1.54) is 18.2 Å². The van der Waals surface area contributed by atoms with E-state index in [-0.39, 0.29) is 23.6 Å². The molecule has 1 aromatic carbocycles. The predicted molar refractivity (Wildman–Crippen MR) is 76.1 cm³/mol. The van der Waals surface area contributed by atoms with Crippen molar-refractivity contribution in [3.63, 3.8) is 0 Å². The number of nitrogens with one attached hydrogen (secondary N) is 1. The molecule has 0 amide bonds. The Morgan fingerprint density at radius 3 is 2.62 bits per heavy atom. The van der Waals surface area contributed by atoms with E-state index in [4.69, 9.17) is 4.74 Å². The van der Waals surface area contributed by atoms with Gasteiger partial charge in [0.1, 0.15) is 11.5 Å². The first kappa shape index (κ1) is 15.0. The lowest BCUT2D eigenvalue weighted by molar-refractivity contribution is 0.0519. The number of aryl methyl sites for hydroxylation is 1. The van der Waals surface area contributed by atoms with Crippen molar-refractivity contribution in [1.82, 2.24) is 4.98 Å². The van der Waals surface area contributed by atoms with Gasteiger partial charge in [0.25, 0.3) is 0 Å². The molecule has 0 aliphatic rings. The van der Waals surface area contributed by atoms with Gasteiger partial charge in [0.05, 0.1) is 6.61 Å². The lowest BCUT2D eigenvalue weighted by Gasteiger charge is -2.03. The first-order valence-corrected chi connectivity index (χ1v) is 6.62. The van der Waals surface area contributed by atoms with Crippen LogP contribution in [0.3, 0.4) is 0 Å². The summed E-state index contributed by atoms with van der Waals surface area (Å²) in [6, 6.07) is 5.48. The molecule has 0 aliphatic heterocycles. The highest BCUT2D eigenvalue weighted by Crippen LogP contribution is 2.22. The lowest BCUT2D eigenvalue weighted by Crippen LogP contribution is -2.08. The maximum absolute atomic E-state index is 13.2. The molecule has 0 bridgehead atoms. The minimum atomic E-state index is -0.503. The third-order valence-electron chi connectivity index (χ3n) is 3.23. The third-order valence-corrected chi connectivity index (χ3v) is 3.23. The van der Waals surface area contributed by atoms with Crippen molar-refractivity contribution in [2.24, 2.45) is 0 Å². The largest absolute Gasteiger partial charge is 0.461 e. The van der Waals surface area contributed by atoms with Gasteiger partial charge in [-0.3, -0.25) is 4.79 Å². The van der Waals surface area contributed by atoms with Crippen molar-refractivity contribution in [3.05, 3.63) is 58.2 Å². The van der Waals surface area contributed by atoms with E-state index in [1.807, 2.05) is 0 Å². The van der Waals surface area contributed by atoms with Crippen molar-refractivity contribution in [2.75, 3.05) is 6.61 Å². The van der Waals surface area contributed by atoms with Crippen LogP contribution in [0.4, 0.5) is 4.39 Å². The first-order chi connectivity index (χ1) is 9.95. The van der Waals surface area contributed by atoms with Gasteiger partial charge in [-0.25, -0.2) is 9.18 Å². The second-order valence-electron chi connectivity index (χ2n) is 4.68. The van der Waals surface area contributed by atoms with Crippen LogP contribution in [0.5, 0.6) is 0 Å². The number of carbonyl (C=O) groups excluding carboxylic acids is 2. The summed E-state index contributed by atoms with van der Waals surface area (Å²) in [6.07, 6.45) is 0. The average molecular weight is 289 g/mol. The van der Waals surface area contributed by atoms with E-state index < -0.39 is 11.8 Å². The number of aromatic nitrogens is 1. The molecule has 1 heterocycles. The zero-order valence-electron chi connectivity index (χ0n) is 12.1. The fourth-order valence-corrected chi connectivity index (χ4v) is 2.27. The highest BCUT2D eigenvalue weighted by molar-refractivity contribution is 6.12. The number of ketones is 1. The molecule has 110 valence electrons. The van der Waals surface area contributed by atoms with Crippen LogP contribution in [0.2, 0.25) is 0 Å². The summed E-state index contributed by atoms with van der Waals surface area (Å²) in [7, 11) is 0. The molecule has 2 rings (SSSR count). The topological polar surface area (TPSA) is 59.2 Å². The van der Waals surface area contributed by atoms with Gasteiger partial charge < -0.3 is 9.72 Å². The minimum absolute atomic E-state index is 0.246. The number of aromatic amines is 1. The molecule has 0 unspecified atom stereocenters. The molecule has 0 aliphatic carbocycles. The SMILES string of the molecule is CCOC(=O)c1[nH]c(C)c(C(=O)c2cccc(F)c2)c1C. The number of benzene rings is 1. The standard InChI is InChI=1S/C16H16FNO3/c1-4-21-16(20)14-9(2)13(10(3)18-14)15(19)11-6-5-7-12(17)8-11/h5-8,18H,4H2,1-3H3. The molecular weight excluding hydrogens is 273 g/mol. The molecule has 0 fully saturated rings. The lowest BCUT2D eigenvalue weighted by atomic mass is 9.99. The Morgan fingerprint density at radius 1 is 1.29 bits per heavy atom. The van der Waals surface area contributed by atoms with E-state index in [2.05, 4.69) is 4.98 Å². The summed E-state index contributed by atoms with van der Waals surface area (Å²) in [5.41, 5.74) is 1.96. The molecule has 5 heteroatoms. The second kappa shape index (κ2) is 5.91. The summed E-state index contributed by atoms with van der Waals surface area (Å²) >= 11 is 0. The van der Waals surface area contributed by atoms with Crippen LogP contribution in [0.1, 0.15) is 44.6 Å². The van der Waals surface area contributed by atoms with Gasteiger partial charge in [0.15, 0.2) is 5.78 Å². The van der Waals surface area contributed by atoms with E-state index in [0.29, 0.717) is 16.8 Å². The monoisotopic (exact) mass is 289 g/mol. The van der Waals surface area contributed by atoms with Gasteiger partial charge in [0, 0.05) is 16.8 Å². The summed E-state index contributed by atoms with van der Waals surface area (Å²) in [5, 5.41) is 0. The van der Waals surface area contributed by atoms with Crippen LogP contribution in [0.15, 0.2) is 24.3 Å². The molecule has 2 aromatic rings. The van der Waals surface area contributed by atoms with Gasteiger partial charge in [-0.15, -0.1) is 0 Å². The quantitative estimate of drug-likeness (QED) is 0.694. The van der Waals surface area contributed by atoms with Crippen LogP contribution < -0.4 is 0 Å². The summed E-state index contributed by atoms with van der Waals surface area (Å²) in [5.74, 6) is -1.30. The molecular formula is C16H16FNO3. The number of halogens is 1. The van der Waals surface area contributed by atoms with Crippen molar-refractivity contribution in [2.45, 2.75) is 20.8 Å². The maximum atomic E-state index is 13.2. The Labute approximate surface area is 121 Å². The first-order valence-electron chi connectivity index (χ1n) is 6.62. The maximum Gasteiger partial charge on any atom is 0.355 e. The highest BCUT2D eigenvalue weighted by Gasteiger charge is 2.23. The molecule has 0 atom stereocenters. The number of esters is 1. The van der Waals surface area contributed by atoms with Gasteiger partial charge >= 0.3 is 5.97 Å². The van der Waals surface area contributed by atoms with Gasteiger partial charge in [-0.1, -0.05) is 12.1 Å². The van der Waals surface area contributed by atoms with Crippen molar-refractivity contribution >= 4 is 11.8 Å². The van der Waals surface area contributed by atoms with Crippen molar-refractivity contribution < 1.29 is 18.7 Å². The summed E-state index contributed by atoms with van der Waals surface area (Å²) in [6.45, 7) is 5.33. The number of rotatable bonds is 4. The summed E-state index contributed by atoms with van der Waals surface area (Å²) < 4.78 is 18.2. The molecule has 0 saturated carbocycles. The minimum Gasteiger partial charge on any atom is -0.461 e. The normalized spacial score (nSPS) is 10.5. The zero-order chi connectivity index (χ0) is 15.6. The third kappa shape index (κ3) is 2.86. The van der Waals surface area contributed by atoms with Crippen LogP contribution in [0, 0.1) is 19.7 Å². The van der Waals surface area contributed by atoms with Gasteiger partial charge in [-0.05, 0) is 38.5 Å². The van der Waals surface area contributed by atoms with Crippen LogP contribution in [-0.4, -0.2) is 23.3 Å².